The third-order valence-corrected chi connectivity index (χ3v) is 1.98. The minimum atomic E-state index is -0.547. The Morgan fingerprint density at radius 3 is 2.35 bits per heavy atom. The Morgan fingerprint density at radius 1 is 1.35 bits per heavy atom. The molecule has 102 valence electrons. The van der Waals surface area contributed by atoms with E-state index in [1.165, 1.54) is 7.11 Å². The highest BCUT2D eigenvalue weighted by Gasteiger charge is 2.23. The summed E-state index contributed by atoms with van der Waals surface area (Å²) in [5, 5.41) is 5.25. The predicted octanol–water partition coefficient (Wildman–Crippen LogP) is -0.730. The van der Waals surface area contributed by atoms with Gasteiger partial charge in [-0.1, -0.05) is 13.8 Å². The van der Waals surface area contributed by atoms with Crippen LogP contribution in [0.2, 0.25) is 0 Å². The first-order valence-corrected chi connectivity index (χ1v) is 5.29. The lowest BCUT2D eigenvalue weighted by Gasteiger charge is -2.21. The maximum Gasteiger partial charge on any atom is 0.246 e. The Labute approximate surface area is 108 Å². The van der Waals surface area contributed by atoms with Gasteiger partial charge in [-0.2, -0.15) is 0 Å². The van der Waals surface area contributed by atoms with Crippen LogP contribution < -0.4 is 16.4 Å². The summed E-state index contributed by atoms with van der Waals surface area (Å²) in [5.41, 5.74) is 5.28. The van der Waals surface area contributed by atoms with Gasteiger partial charge in [0.2, 0.25) is 11.8 Å². The van der Waals surface area contributed by atoms with Crippen LogP contribution in [-0.4, -0.2) is 44.7 Å². The molecule has 17 heavy (non-hydrogen) atoms. The van der Waals surface area contributed by atoms with Gasteiger partial charge in [-0.15, -0.1) is 12.4 Å². The summed E-state index contributed by atoms with van der Waals surface area (Å²) in [6.45, 7) is 4.46. The number of carbonyl (C=O) groups excluding carboxylic acids is 2. The molecule has 7 heteroatoms. The van der Waals surface area contributed by atoms with Crippen molar-refractivity contribution in [1.82, 2.24) is 10.6 Å². The molecule has 0 heterocycles. The monoisotopic (exact) mass is 267 g/mol. The number of nitrogens with two attached hydrogens (primary N) is 1. The van der Waals surface area contributed by atoms with Gasteiger partial charge in [-0.25, -0.2) is 0 Å². The van der Waals surface area contributed by atoms with Crippen molar-refractivity contribution in [2.24, 2.45) is 11.7 Å². The highest BCUT2D eigenvalue weighted by molar-refractivity contribution is 5.88. The van der Waals surface area contributed by atoms with Crippen molar-refractivity contribution in [2.45, 2.75) is 19.9 Å². The maximum atomic E-state index is 11.7. The highest BCUT2D eigenvalue weighted by atomic mass is 35.5. The van der Waals surface area contributed by atoms with E-state index in [9.17, 15) is 9.59 Å². The molecule has 1 atom stereocenters. The molecule has 0 bridgehead atoms. The van der Waals surface area contributed by atoms with Gasteiger partial charge < -0.3 is 21.1 Å². The highest BCUT2D eigenvalue weighted by Crippen LogP contribution is 2.01. The van der Waals surface area contributed by atoms with Crippen molar-refractivity contribution in [3.8, 4) is 0 Å². The number of ether oxygens (including phenoxy) is 1. The summed E-state index contributed by atoms with van der Waals surface area (Å²) in [6.07, 6.45) is 0. The third-order valence-electron chi connectivity index (χ3n) is 1.98. The minimum Gasteiger partial charge on any atom is -0.375 e. The van der Waals surface area contributed by atoms with Crippen LogP contribution in [0, 0.1) is 5.92 Å². The van der Waals surface area contributed by atoms with Gasteiger partial charge in [-0.05, 0) is 5.92 Å². The van der Waals surface area contributed by atoms with E-state index in [-0.39, 0.29) is 36.7 Å². The number of rotatable bonds is 7. The second-order valence-electron chi connectivity index (χ2n) is 3.80. The minimum absolute atomic E-state index is 0. The second kappa shape index (κ2) is 10.3. The molecule has 0 aliphatic carbocycles. The topological polar surface area (TPSA) is 93.4 Å². The standard InChI is InChI=1S/C10H21N3O3.ClH/c1-7(2)9(10(15)12-5-4-11)13-8(14)6-16-3;/h7,9H,4-6,11H2,1-3H3,(H,12,15)(H,13,14);1H/t9-;/m0./s1. The molecular formula is C10H22ClN3O3. The van der Waals surface area contributed by atoms with Crippen molar-refractivity contribution in [1.29, 1.82) is 0 Å². The molecule has 0 spiro atoms. The van der Waals surface area contributed by atoms with E-state index in [0.717, 1.165) is 0 Å². The third kappa shape index (κ3) is 7.95. The van der Waals surface area contributed by atoms with Crippen LogP contribution in [0.3, 0.4) is 0 Å². The van der Waals surface area contributed by atoms with Gasteiger partial charge in [0.15, 0.2) is 0 Å². The summed E-state index contributed by atoms with van der Waals surface area (Å²) in [4.78, 5) is 23.0. The molecule has 0 aromatic heterocycles. The van der Waals surface area contributed by atoms with Crippen molar-refractivity contribution >= 4 is 24.2 Å². The molecule has 6 nitrogen and oxygen atoms in total. The zero-order valence-corrected chi connectivity index (χ0v) is 11.3. The van der Waals surface area contributed by atoms with Gasteiger partial charge in [-0.3, -0.25) is 9.59 Å². The first kappa shape index (κ1) is 18.5. The molecule has 0 saturated heterocycles. The molecule has 2 amide bonds. The van der Waals surface area contributed by atoms with Crippen LogP contribution >= 0.6 is 12.4 Å². The number of hydrogen-bond donors (Lipinski definition) is 3. The molecule has 0 aromatic carbocycles. The van der Waals surface area contributed by atoms with Crippen LogP contribution in [0.4, 0.5) is 0 Å². The van der Waals surface area contributed by atoms with Crippen molar-refractivity contribution in [3.63, 3.8) is 0 Å². The molecule has 0 unspecified atom stereocenters. The lowest BCUT2D eigenvalue weighted by molar-refractivity contribution is -0.131. The number of halogens is 1. The molecule has 0 aliphatic rings. The van der Waals surface area contributed by atoms with Crippen molar-refractivity contribution < 1.29 is 14.3 Å². The Bertz CT molecular complexity index is 237. The number of amides is 2. The van der Waals surface area contributed by atoms with E-state index in [1.54, 1.807) is 0 Å². The fraction of sp³-hybridized carbons (Fsp3) is 0.800. The van der Waals surface area contributed by atoms with Crippen molar-refractivity contribution in [2.75, 3.05) is 26.8 Å². The summed E-state index contributed by atoms with van der Waals surface area (Å²) in [5.74, 6) is -0.507. The molecule has 0 rings (SSSR count). The summed E-state index contributed by atoms with van der Waals surface area (Å²) < 4.78 is 4.68. The van der Waals surface area contributed by atoms with Crippen LogP contribution in [0.1, 0.15) is 13.8 Å². The van der Waals surface area contributed by atoms with E-state index in [4.69, 9.17) is 5.73 Å². The number of carbonyl (C=O) groups is 2. The van der Waals surface area contributed by atoms with Gasteiger partial charge >= 0.3 is 0 Å². The molecular weight excluding hydrogens is 246 g/mol. The Hall–Kier alpha value is -0.850. The van der Waals surface area contributed by atoms with Crippen LogP contribution in [-0.2, 0) is 14.3 Å². The quantitative estimate of drug-likeness (QED) is 0.567. The first-order chi connectivity index (χ1) is 7.52. The summed E-state index contributed by atoms with van der Waals surface area (Å²) in [7, 11) is 1.43. The zero-order valence-electron chi connectivity index (χ0n) is 10.5. The maximum absolute atomic E-state index is 11.7. The number of hydrogen-bond acceptors (Lipinski definition) is 4. The average molecular weight is 268 g/mol. The predicted molar refractivity (Wildman–Crippen MR) is 68.0 cm³/mol. The Kier molecular flexibility index (Phi) is 11.2. The molecule has 0 fully saturated rings. The van der Waals surface area contributed by atoms with E-state index >= 15 is 0 Å². The first-order valence-electron chi connectivity index (χ1n) is 5.29. The summed E-state index contributed by atoms with van der Waals surface area (Å²) >= 11 is 0. The molecule has 4 N–H and O–H groups in total. The van der Waals surface area contributed by atoms with Crippen LogP contribution in [0.5, 0.6) is 0 Å². The van der Waals surface area contributed by atoms with E-state index in [2.05, 4.69) is 15.4 Å². The Morgan fingerprint density at radius 2 is 1.94 bits per heavy atom. The fourth-order valence-electron chi connectivity index (χ4n) is 1.19. The number of methoxy groups -OCH3 is 1. The van der Waals surface area contributed by atoms with Crippen LogP contribution in [0.25, 0.3) is 0 Å². The summed E-state index contributed by atoms with van der Waals surface area (Å²) in [6, 6.07) is -0.547. The lowest BCUT2D eigenvalue weighted by atomic mass is 10.0. The van der Waals surface area contributed by atoms with E-state index in [0.29, 0.717) is 13.1 Å². The Balaban J connectivity index is 0. The van der Waals surface area contributed by atoms with Gasteiger partial charge in [0, 0.05) is 20.2 Å². The van der Waals surface area contributed by atoms with Gasteiger partial charge in [0.1, 0.15) is 12.6 Å². The van der Waals surface area contributed by atoms with E-state index in [1.807, 2.05) is 13.8 Å². The largest absolute Gasteiger partial charge is 0.375 e. The SMILES string of the molecule is COCC(=O)N[C@H](C(=O)NCCN)C(C)C.Cl. The van der Waals surface area contributed by atoms with E-state index < -0.39 is 6.04 Å². The van der Waals surface area contributed by atoms with Gasteiger partial charge in [0.05, 0.1) is 0 Å². The lowest BCUT2D eigenvalue weighted by Crippen LogP contribution is -2.51. The molecule has 0 radical (unpaired) electrons. The van der Waals surface area contributed by atoms with Crippen LogP contribution in [0.15, 0.2) is 0 Å². The average Bonchev–Trinajstić information content (AvgIpc) is 2.22. The normalized spacial score (nSPS) is 11.6. The molecule has 0 aromatic rings. The number of nitrogens with one attached hydrogen (secondary N) is 2. The second-order valence-corrected chi connectivity index (χ2v) is 3.80. The fourth-order valence-corrected chi connectivity index (χ4v) is 1.19. The molecule has 0 aliphatic heterocycles. The van der Waals surface area contributed by atoms with Crippen molar-refractivity contribution in [3.05, 3.63) is 0 Å². The zero-order chi connectivity index (χ0) is 12.6. The smallest absolute Gasteiger partial charge is 0.246 e. The van der Waals surface area contributed by atoms with Gasteiger partial charge in [0.25, 0.3) is 0 Å². The molecule has 0 saturated carbocycles.